The average molecular weight is 494 g/mol. The zero-order chi connectivity index (χ0) is 24.1. The molecule has 1 fully saturated rings. The summed E-state index contributed by atoms with van der Waals surface area (Å²) in [5.74, 6) is -0.806. The number of benzene rings is 2. The van der Waals surface area contributed by atoms with Crippen LogP contribution in [0.15, 0.2) is 59.5 Å². The Bertz CT molecular complexity index is 1150. The molecule has 0 spiro atoms. The van der Waals surface area contributed by atoms with Gasteiger partial charge in [-0.05, 0) is 24.5 Å². The number of unbranched alkanes of at least 4 members (excludes halogenated alkanes) is 2. The van der Waals surface area contributed by atoms with Gasteiger partial charge in [0.05, 0.1) is 16.2 Å². The Morgan fingerprint density at radius 1 is 0.971 bits per heavy atom. The van der Waals surface area contributed by atoms with Gasteiger partial charge in [0.25, 0.3) is 11.8 Å². The van der Waals surface area contributed by atoms with Gasteiger partial charge in [0.2, 0.25) is 5.91 Å². The number of rotatable bonds is 9. The second-order valence-electron chi connectivity index (χ2n) is 8.23. The van der Waals surface area contributed by atoms with Crippen LogP contribution in [0.2, 0.25) is 0 Å². The van der Waals surface area contributed by atoms with Crippen molar-refractivity contribution in [3.8, 4) is 0 Å². The highest BCUT2D eigenvalue weighted by molar-refractivity contribution is 8.26. The minimum absolute atomic E-state index is 0.106. The van der Waals surface area contributed by atoms with Crippen LogP contribution in [0.25, 0.3) is 5.57 Å². The third-order valence-corrected chi connectivity index (χ3v) is 7.31. The molecule has 2 aliphatic heterocycles. The maximum atomic E-state index is 13.5. The molecule has 2 aromatic rings. The van der Waals surface area contributed by atoms with Gasteiger partial charge in [-0.1, -0.05) is 92.3 Å². The standard InChI is InChI=1S/C26H27N3O3S2/c1-2-3-9-16-28-25(32)23(34-26(28)33)22-19-12-7-8-13-20(19)29(24(22)31)17-21(30)27-15-14-18-10-5-4-6-11-18/h4-8,10-13H,2-3,9,14-17H2,1H3,(H,27,30). The molecule has 34 heavy (non-hydrogen) atoms. The summed E-state index contributed by atoms with van der Waals surface area (Å²) in [6.07, 6.45) is 3.64. The second-order valence-corrected chi connectivity index (χ2v) is 9.87. The molecule has 0 aliphatic carbocycles. The van der Waals surface area contributed by atoms with Gasteiger partial charge < -0.3 is 5.32 Å². The molecule has 3 amide bonds. The molecule has 6 nitrogen and oxygen atoms in total. The van der Waals surface area contributed by atoms with Crippen molar-refractivity contribution in [2.75, 3.05) is 24.5 Å². The van der Waals surface area contributed by atoms with Crippen LogP contribution >= 0.6 is 24.0 Å². The zero-order valence-electron chi connectivity index (χ0n) is 19.1. The van der Waals surface area contributed by atoms with E-state index >= 15 is 0 Å². The highest BCUT2D eigenvalue weighted by Crippen LogP contribution is 2.44. The number of fused-ring (bicyclic) bond motifs is 1. The quantitative estimate of drug-likeness (QED) is 0.323. The SMILES string of the molecule is CCCCCN1C(=O)C(=C2C(=O)N(CC(=O)NCCc3ccccc3)c3ccccc32)SC1=S. The van der Waals surface area contributed by atoms with Crippen molar-refractivity contribution in [2.45, 2.75) is 32.6 Å². The Morgan fingerprint density at radius 3 is 2.47 bits per heavy atom. The van der Waals surface area contributed by atoms with Crippen molar-refractivity contribution in [2.24, 2.45) is 0 Å². The first-order valence-corrected chi connectivity index (χ1v) is 12.7. The number of anilines is 1. The van der Waals surface area contributed by atoms with E-state index in [9.17, 15) is 14.4 Å². The lowest BCUT2D eigenvalue weighted by Gasteiger charge is -2.17. The second kappa shape index (κ2) is 11.0. The van der Waals surface area contributed by atoms with E-state index in [1.165, 1.54) is 16.7 Å². The van der Waals surface area contributed by atoms with E-state index < -0.39 is 0 Å². The van der Waals surface area contributed by atoms with Crippen molar-refractivity contribution < 1.29 is 14.4 Å². The third kappa shape index (κ3) is 5.08. The van der Waals surface area contributed by atoms with Crippen LogP contribution in [0.5, 0.6) is 0 Å². The molecule has 2 aromatic carbocycles. The number of thiocarbonyl (C=S) groups is 1. The van der Waals surface area contributed by atoms with Crippen molar-refractivity contribution in [1.29, 1.82) is 0 Å². The van der Waals surface area contributed by atoms with Crippen LogP contribution in [0.1, 0.15) is 37.3 Å². The normalized spacial score (nSPS) is 17.5. The van der Waals surface area contributed by atoms with Crippen molar-refractivity contribution in [3.05, 3.63) is 70.6 Å². The van der Waals surface area contributed by atoms with Gasteiger partial charge in [0.15, 0.2) is 0 Å². The molecule has 0 atom stereocenters. The number of thioether (sulfide) groups is 1. The topological polar surface area (TPSA) is 69.7 Å². The van der Waals surface area contributed by atoms with Crippen molar-refractivity contribution in [3.63, 3.8) is 0 Å². The summed E-state index contributed by atoms with van der Waals surface area (Å²) in [6, 6.07) is 17.2. The number of nitrogens with zero attached hydrogens (tertiary/aromatic N) is 2. The number of hydrogen-bond acceptors (Lipinski definition) is 5. The maximum absolute atomic E-state index is 13.5. The maximum Gasteiger partial charge on any atom is 0.267 e. The predicted octanol–water partition coefficient (Wildman–Crippen LogP) is 4.15. The van der Waals surface area contributed by atoms with E-state index in [1.807, 2.05) is 48.5 Å². The number of carbonyl (C=O) groups excluding carboxylic acids is 3. The van der Waals surface area contributed by atoms with E-state index in [4.69, 9.17) is 12.2 Å². The fraction of sp³-hybridized carbons (Fsp3) is 0.308. The first-order valence-electron chi connectivity index (χ1n) is 11.5. The molecule has 4 rings (SSSR count). The Kier molecular flexibility index (Phi) is 7.80. The lowest BCUT2D eigenvalue weighted by Crippen LogP contribution is -2.39. The Labute approximate surface area is 209 Å². The number of hydrogen-bond donors (Lipinski definition) is 1. The molecule has 2 heterocycles. The first kappa shape index (κ1) is 24.2. The highest BCUT2D eigenvalue weighted by Gasteiger charge is 2.42. The van der Waals surface area contributed by atoms with Crippen LogP contribution in [-0.4, -0.2) is 46.6 Å². The largest absolute Gasteiger partial charge is 0.354 e. The van der Waals surface area contributed by atoms with Gasteiger partial charge in [-0.15, -0.1) is 0 Å². The van der Waals surface area contributed by atoms with Gasteiger partial charge in [0.1, 0.15) is 10.9 Å². The van der Waals surface area contributed by atoms with E-state index in [2.05, 4.69) is 12.2 Å². The number of carbonyl (C=O) groups is 3. The molecular formula is C26H27N3O3S2. The minimum Gasteiger partial charge on any atom is -0.354 e. The third-order valence-electron chi connectivity index (χ3n) is 5.87. The van der Waals surface area contributed by atoms with Gasteiger partial charge in [-0.3, -0.25) is 24.2 Å². The Morgan fingerprint density at radius 2 is 1.71 bits per heavy atom. The summed E-state index contributed by atoms with van der Waals surface area (Å²) < 4.78 is 0.478. The lowest BCUT2D eigenvalue weighted by molar-refractivity contribution is -0.122. The molecule has 2 aliphatic rings. The minimum atomic E-state index is -0.339. The molecule has 0 radical (unpaired) electrons. The smallest absolute Gasteiger partial charge is 0.267 e. The molecular weight excluding hydrogens is 466 g/mol. The van der Waals surface area contributed by atoms with Gasteiger partial charge >= 0.3 is 0 Å². The number of amides is 3. The molecule has 176 valence electrons. The van der Waals surface area contributed by atoms with Crippen LogP contribution in [0.4, 0.5) is 5.69 Å². The summed E-state index contributed by atoms with van der Waals surface area (Å²) in [7, 11) is 0. The van der Waals surface area contributed by atoms with Crippen LogP contribution in [0, 0.1) is 0 Å². The summed E-state index contributed by atoms with van der Waals surface area (Å²) in [5.41, 5.74) is 2.77. The van der Waals surface area contributed by atoms with Crippen molar-refractivity contribution in [1.82, 2.24) is 10.2 Å². The monoisotopic (exact) mass is 493 g/mol. The van der Waals surface area contributed by atoms with E-state index in [0.717, 1.165) is 24.8 Å². The lowest BCUT2D eigenvalue weighted by atomic mass is 10.1. The van der Waals surface area contributed by atoms with Gasteiger partial charge in [-0.2, -0.15) is 0 Å². The summed E-state index contributed by atoms with van der Waals surface area (Å²) in [4.78, 5) is 42.7. The van der Waals surface area contributed by atoms with Crippen LogP contribution < -0.4 is 10.2 Å². The Balaban J connectivity index is 1.50. The number of nitrogens with one attached hydrogen (secondary N) is 1. The molecule has 0 saturated carbocycles. The van der Waals surface area contributed by atoms with E-state index in [1.54, 1.807) is 11.0 Å². The zero-order valence-corrected chi connectivity index (χ0v) is 20.7. The highest BCUT2D eigenvalue weighted by atomic mass is 32.2. The van der Waals surface area contributed by atoms with Crippen molar-refractivity contribution >= 4 is 57.3 Å². The molecule has 1 N–H and O–H groups in total. The summed E-state index contributed by atoms with van der Waals surface area (Å²) in [5, 5.41) is 2.90. The Hall–Kier alpha value is -2.97. The molecule has 8 heteroatoms. The van der Waals surface area contributed by atoms with E-state index in [0.29, 0.717) is 45.6 Å². The van der Waals surface area contributed by atoms with Crippen LogP contribution in [0.3, 0.4) is 0 Å². The van der Waals surface area contributed by atoms with E-state index in [-0.39, 0.29) is 24.3 Å². The molecule has 0 bridgehead atoms. The van der Waals surface area contributed by atoms with Gasteiger partial charge in [-0.25, -0.2) is 0 Å². The molecule has 1 saturated heterocycles. The first-order chi connectivity index (χ1) is 16.5. The average Bonchev–Trinajstić information content (AvgIpc) is 3.27. The van der Waals surface area contributed by atoms with Gasteiger partial charge in [0, 0.05) is 18.7 Å². The molecule has 0 aromatic heterocycles. The fourth-order valence-electron chi connectivity index (χ4n) is 4.11. The number of para-hydroxylation sites is 1. The molecule has 0 unspecified atom stereocenters. The summed E-state index contributed by atoms with van der Waals surface area (Å²) in [6.45, 7) is 3.03. The fourth-order valence-corrected chi connectivity index (χ4v) is 5.49. The summed E-state index contributed by atoms with van der Waals surface area (Å²) >= 11 is 6.63. The predicted molar refractivity (Wildman–Crippen MR) is 140 cm³/mol. The van der Waals surface area contributed by atoms with Crippen LogP contribution in [-0.2, 0) is 20.8 Å².